The lowest BCUT2D eigenvalue weighted by molar-refractivity contribution is -0.121. The van der Waals surface area contributed by atoms with E-state index in [1.807, 2.05) is 9.80 Å². The van der Waals surface area contributed by atoms with Gasteiger partial charge in [0, 0.05) is 64.9 Å². The van der Waals surface area contributed by atoms with Gasteiger partial charge >= 0.3 is 0 Å². The molecule has 0 bridgehead atoms. The first-order valence-corrected chi connectivity index (χ1v) is 11.6. The first-order chi connectivity index (χ1) is 15.5. The molecule has 12 heteroatoms. The van der Waals surface area contributed by atoms with Crippen LogP contribution in [0.15, 0.2) is 10.4 Å². The van der Waals surface area contributed by atoms with Crippen LogP contribution in [0, 0.1) is 15.2 Å². The second kappa shape index (κ2) is 15.0. The van der Waals surface area contributed by atoms with Crippen molar-refractivity contribution in [3.63, 3.8) is 0 Å². The summed E-state index contributed by atoms with van der Waals surface area (Å²) in [4.78, 5) is 53.4. The number of primary amides is 2. The SMILES string of the molecule is CC(C)(C)CC1CN(CC(N)=O)CCN(CC(N)=O)CCN(CCN=O)CCN1CCN=O. The van der Waals surface area contributed by atoms with Gasteiger partial charge in [0.15, 0.2) is 0 Å². The summed E-state index contributed by atoms with van der Waals surface area (Å²) in [6.45, 7) is 12.4. The predicted octanol–water partition coefficient (Wildman–Crippen LogP) is -0.484. The molecule has 0 aromatic rings. The van der Waals surface area contributed by atoms with E-state index in [4.69, 9.17) is 11.5 Å². The lowest BCUT2D eigenvalue weighted by Gasteiger charge is -2.40. The van der Waals surface area contributed by atoms with Crippen molar-refractivity contribution in [2.75, 3.05) is 85.1 Å². The van der Waals surface area contributed by atoms with Crippen LogP contribution in [0.25, 0.3) is 0 Å². The molecule has 1 heterocycles. The van der Waals surface area contributed by atoms with Gasteiger partial charge < -0.3 is 11.5 Å². The maximum absolute atomic E-state index is 11.8. The van der Waals surface area contributed by atoms with Crippen molar-refractivity contribution >= 4 is 11.8 Å². The van der Waals surface area contributed by atoms with Gasteiger partial charge in [0.05, 0.1) is 26.2 Å². The van der Waals surface area contributed by atoms with Gasteiger partial charge in [-0.25, -0.2) is 0 Å². The van der Waals surface area contributed by atoms with Crippen LogP contribution < -0.4 is 11.5 Å². The second-order valence-corrected chi connectivity index (χ2v) is 9.95. The average Bonchev–Trinajstić information content (AvgIpc) is 2.69. The summed E-state index contributed by atoms with van der Waals surface area (Å²) in [7, 11) is 0. The minimum absolute atomic E-state index is 0.0200. The Labute approximate surface area is 196 Å². The highest BCUT2D eigenvalue weighted by atomic mass is 16.3. The molecular weight excluding hydrogens is 428 g/mol. The van der Waals surface area contributed by atoms with Crippen molar-refractivity contribution in [1.82, 2.24) is 19.6 Å². The van der Waals surface area contributed by atoms with Gasteiger partial charge in [0.2, 0.25) is 11.8 Å². The maximum Gasteiger partial charge on any atom is 0.231 e. The molecule has 190 valence electrons. The molecule has 1 aliphatic rings. The van der Waals surface area contributed by atoms with Crippen molar-refractivity contribution < 1.29 is 9.59 Å². The molecule has 1 fully saturated rings. The van der Waals surface area contributed by atoms with Crippen molar-refractivity contribution in [2.45, 2.75) is 33.2 Å². The van der Waals surface area contributed by atoms with E-state index in [-0.39, 0.29) is 37.6 Å². The highest BCUT2D eigenvalue weighted by Crippen LogP contribution is 2.24. The van der Waals surface area contributed by atoms with E-state index < -0.39 is 11.8 Å². The van der Waals surface area contributed by atoms with Crippen LogP contribution in [0.4, 0.5) is 0 Å². The fourth-order valence-corrected chi connectivity index (χ4v) is 4.26. The molecular formula is C21H42N8O4. The monoisotopic (exact) mass is 470 g/mol. The molecule has 1 rings (SSSR count). The Balaban J connectivity index is 3.20. The first kappa shape index (κ1) is 29.0. The fraction of sp³-hybridized carbons (Fsp3) is 0.905. The molecule has 0 spiro atoms. The molecule has 0 radical (unpaired) electrons. The van der Waals surface area contributed by atoms with Crippen LogP contribution in [0.5, 0.6) is 0 Å². The van der Waals surface area contributed by atoms with Gasteiger partial charge in [0.25, 0.3) is 0 Å². The van der Waals surface area contributed by atoms with E-state index in [1.54, 1.807) is 0 Å². The average molecular weight is 471 g/mol. The first-order valence-electron chi connectivity index (χ1n) is 11.6. The topological polar surface area (TPSA) is 158 Å². The third kappa shape index (κ3) is 13.3. The molecule has 33 heavy (non-hydrogen) atoms. The van der Waals surface area contributed by atoms with Crippen LogP contribution in [0.2, 0.25) is 0 Å². The van der Waals surface area contributed by atoms with Crippen molar-refractivity contribution in [3.8, 4) is 0 Å². The Kier molecular flexibility index (Phi) is 13.2. The Hall–Kier alpha value is -2.02. The number of carbonyl (C=O) groups is 2. The number of amides is 2. The predicted molar refractivity (Wildman–Crippen MR) is 128 cm³/mol. The molecule has 1 saturated heterocycles. The van der Waals surface area contributed by atoms with Gasteiger partial charge in [-0.1, -0.05) is 31.1 Å². The summed E-state index contributed by atoms with van der Waals surface area (Å²) in [6.07, 6.45) is 0.849. The molecule has 1 aliphatic heterocycles. The largest absolute Gasteiger partial charge is 0.369 e. The quantitative estimate of drug-likeness (QED) is 0.383. The van der Waals surface area contributed by atoms with Crippen LogP contribution in [0.3, 0.4) is 0 Å². The van der Waals surface area contributed by atoms with E-state index in [9.17, 15) is 19.4 Å². The third-order valence-electron chi connectivity index (χ3n) is 5.75. The van der Waals surface area contributed by atoms with Gasteiger partial charge in [-0.3, -0.25) is 29.2 Å². The Bertz CT molecular complexity index is 628. The standard InChI is InChI=1S/C21H42N8O4/c1-21(2,3)14-18-15-28(17-20(23)31)11-10-27(16-19(22)30)9-8-26(6-4-24-32)12-13-29(18)7-5-25-33/h18H,4-17H2,1-3H3,(H2,22,30)(H2,23,31). The molecule has 1 unspecified atom stereocenters. The maximum atomic E-state index is 11.8. The molecule has 2 amide bonds. The molecule has 0 aliphatic carbocycles. The van der Waals surface area contributed by atoms with Crippen LogP contribution in [-0.4, -0.2) is 123 Å². The number of nitrogens with two attached hydrogens (primary N) is 2. The molecule has 4 N–H and O–H groups in total. The number of nitroso groups, excluding NO2 is 2. The summed E-state index contributed by atoms with van der Waals surface area (Å²) >= 11 is 0. The normalized spacial score (nSPS) is 21.1. The summed E-state index contributed by atoms with van der Waals surface area (Å²) in [6, 6.07) is 0.0705. The zero-order valence-corrected chi connectivity index (χ0v) is 20.4. The van der Waals surface area contributed by atoms with E-state index in [0.29, 0.717) is 58.9 Å². The van der Waals surface area contributed by atoms with Crippen molar-refractivity contribution in [2.24, 2.45) is 27.2 Å². The lowest BCUT2D eigenvalue weighted by Crippen LogP contribution is -2.53. The van der Waals surface area contributed by atoms with E-state index in [2.05, 4.69) is 40.9 Å². The smallest absolute Gasteiger partial charge is 0.231 e. The van der Waals surface area contributed by atoms with Gasteiger partial charge in [-0.2, -0.15) is 9.81 Å². The van der Waals surface area contributed by atoms with E-state index in [1.165, 1.54) is 0 Å². The van der Waals surface area contributed by atoms with Crippen molar-refractivity contribution in [3.05, 3.63) is 9.81 Å². The Morgan fingerprint density at radius 2 is 1.27 bits per heavy atom. The highest BCUT2D eigenvalue weighted by molar-refractivity contribution is 5.76. The van der Waals surface area contributed by atoms with E-state index >= 15 is 0 Å². The fourth-order valence-electron chi connectivity index (χ4n) is 4.26. The molecule has 0 saturated carbocycles. The number of rotatable bonds is 11. The summed E-state index contributed by atoms with van der Waals surface area (Å²) in [5.41, 5.74) is 11.0. The highest BCUT2D eigenvalue weighted by Gasteiger charge is 2.28. The number of hydrogen-bond acceptors (Lipinski definition) is 10. The van der Waals surface area contributed by atoms with Crippen LogP contribution in [-0.2, 0) is 9.59 Å². The number of hydrogen-bond donors (Lipinski definition) is 2. The Morgan fingerprint density at radius 1 is 0.788 bits per heavy atom. The van der Waals surface area contributed by atoms with Crippen LogP contribution in [0.1, 0.15) is 27.2 Å². The molecule has 0 aromatic carbocycles. The third-order valence-corrected chi connectivity index (χ3v) is 5.75. The molecule has 1 atom stereocenters. The lowest BCUT2D eigenvalue weighted by atomic mass is 9.87. The zero-order chi connectivity index (χ0) is 24.9. The molecule has 0 aromatic heterocycles. The summed E-state index contributed by atoms with van der Waals surface area (Å²) in [5.74, 6) is -0.825. The Morgan fingerprint density at radius 3 is 1.82 bits per heavy atom. The van der Waals surface area contributed by atoms with Gasteiger partial charge in [-0.05, 0) is 11.8 Å². The summed E-state index contributed by atoms with van der Waals surface area (Å²) < 4.78 is 0. The second-order valence-electron chi connectivity index (χ2n) is 9.95. The van der Waals surface area contributed by atoms with Gasteiger partial charge in [0.1, 0.15) is 0 Å². The summed E-state index contributed by atoms with van der Waals surface area (Å²) in [5, 5.41) is 6.06. The molecule has 12 nitrogen and oxygen atoms in total. The van der Waals surface area contributed by atoms with Crippen LogP contribution >= 0.6 is 0 Å². The minimum Gasteiger partial charge on any atom is -0.369 e. The van der Waals surface area contributed by atoms with Gasteiger partial charge in [-0.15, -0.1) is 0 Å². The van der Waals surface area contributed by atoms with E-state index in [0.717, 1.165) is 6.42 Å². The zero-order valence-electron chi connectivity index (χ0n) is 20.4. The van der Waals surface area contributed by atoms with Crippen molar-refractivity contribution in [1.29, 1.82) is 0 Å². The number of carbonyl (C=O) groups excluding carboxylic acids is 2. The number of nitrogens with zero attached hydrogens (tertiary/aromatic N) is 6. The minimum atomic E-state index is -0.414.